The van der Waals surface area contributed by atoms with Crippen LogP contribution in [0.25, 0.3) is 0 Å². The Morgan fingerprint density at radius 3 is 2.40 bits per heavy atom. The summed E-state index contributed by atoms with van der Waals surface area (Å²) in [6.07, 6.45) is -2.21. The summed E-state index contributed by atoms with van der Waals surface area (Å²) in [6.45, 7) is 6.05. The van der Waals surface area contributed by atoms with Gasteiger partial charge in [0, 0.05) is 24.3 Å². The van der Waals surface area contributed by atoms with E-state index in [9.17, 15) is 13.2 Å². The molecule has 2 unspecified atom stereocenters. The van der Waals surface area contributed by atoms with Crippen LogP contribution in [0.2, 0.25) is 0 Å². The predicted molar refractivity (Wildman–Crippen MR) is 75.0 cm³/mol. The zero-order chi connectivity index (χ0) is 14.8. The molecule has 0 spiro atoms. The number of hydrogen-bond acceptors (Lipinski definition) is 2. The molecule has 1 aromatic carbocycles. The van der Waals surface area contributed by atoms with Crippen molar-refractivity contribution in [2.24, 2.45) is 0 Å². The van der Waals surface area contributed by atoms with Gasteiger partial charge in [0.1, 0.15) is 0 Å². The second-order valence-corrected chi connectivity index (χ2v) is 5.37. The van der Waals surface area contributed by atoms with Crippen molar-refractivity contribution in [3.8, 4) is 0 Å². The van der Waals surface area contributed by atoms with Crippen molar-refractivity contribution < 1.29 is 13.2 Å². The van der Waals surface area contributed by atoms with Crippen LogP contribution < -0.4 is 10.2 Å². The lowest BCUT2D eigenvalue weighted by Gasteiger charge is -2.39. The Balaban J connectivity index is 2.05. The second kappa shape index (κ2) is 6.04. The summed E-state index contributed by atoms with van der Waals surface area (Å²) in [5, 5.41) is 3.44. The monoisotopic (exact) mass is 286 g/mol. The minimum atomic E-state index is -4.26. The van der Waals surface area contributed by atoms with Gasteiger partial charge in [-0.25, -0.2) is 0 Å². The Morgan fingerprint density at radius 1 is 1.25 bits per heavy atom. The zero-order valence-corrected chi connectivity index (χ0v) is 11.9. The van der Waals surface area contributed by atoms with E-state index < -0.39 is 11.7 Å². The van der Waals surface area contributed by atoms with E-state index in [4.69, 9.17) is 0 Å². The molecule has 5 heteroatoms. The summed E-state index contributed by atoms with van der Waals surface area (Å²) in [5.41, 5.74) is 0.289. The fourth-order valence-corrected chi connectivity index (χ4v) is 2.87. The number of benzene rings is 1. The highest BCUT2D eigenvalue weighted by molar-refractivity contribution is 5.49. The van der Waals surface area contributed by atoms with Crippen LogP contribution in [0.15, 0.2) is 24.3 Å². The van der Waals surface area contributed by atoms with Gasteiger partial charge in [-0.1, -0.05) is 6.92 Å². The maximum atomic E-state index is 12.6. The molecule has 1 aliphatic heterocycles. The highest BCUT2D eigenvalue weighted by Gasteiger charge is 2.31. The molecule has 0 amide bonds. The van der Waals surface area contributed by atoms with Crippen LogP contribution in [0.1, 0.15) is 32.3 Å². The first-order valence-electron chi connectivity index (χ1n) is 7.09. The maximum absolute atomic E-state index is 12.6. The molecule has 0 saturated carbocycles. The summed E-state index contributed by atoms with van der Waals surface area (Å²) < 4.78 is 37.7. The molecule has 1 N–H and O–H groups in total. The van der Waals surface area contributed by atoms with Crippen LogP contribution >= 0.6 is 0 Å². The molecule has 0 aromatic heterocycles. The molecule has 1 aromatic rings. The Bertz CT molecular complexity index is 428. The SMILES string of the molecule is CCNC1CCN(c2ccc(C(F)(F)F)cc2)C(C)C1. The van der Waals surface area contributed by atoms with Crippen LogP contribution in [0.4, 0.5) is 18.9 Å². The number of rotatable bonds is 3. The highest BCUT2D eigenvalue weighted by Crippen LogP contribution is 2.32. The third-order valence-electron chi connectivity index (χ3n) is 3.90. The van der Waals surface area contributed by atoms with Gasteiger partial charge in [-0.15, -0.1) is 0 Å². The molecular formula is C15H21F3N2. The van der Waals surface area contributed by atoms with E-state index in [1.807, 2.05) is 0 Å². The first-order valence-corrected chi connectivity index (χ1v) is 7.09. The largest absolute Gasteiger partial charge is 0.416 e. The first kappa shape index (κ1) is 15.2. The molecule has 112 valence electrons. The van der Waals surface area contributed by atoms with Gasteiger partial charge in [0.15, 0.2) is 0 Å². The van der Waals surface area contributed by atoms with Gasteiger partial charge in [-0.3, -0.25) is 0 Å². The zero-order valence-electron chi connectivity index (χ0n) is 11.9. The fraction of sp³-hybridized carbons (Fsp3) is 0.600. The second-order valence-electron chi connectivity index (χ2n) is 5.37. The maximum Gasteiger partial charge on any atom is 0.416 e. The molecule has 20 heavy (non-hydrogen) atoms. The van der Waals surface area contributed by atoms with Gasteiger partial charge >= 0.3 is 6.18 Å². The normalized spacial score (nSPS) is 23.9. The van der Waals surface area contributed by atoms with Crippen molar-refractivity contribution in [1.82, 2.24) is 5.32 Å². The third-order valence-corrected chi connectivity index (χ3v) is 3.90. The van der Waals surface area contributed by atoms with E-state index >= 15 is 0 Å². The molecule has 0 bridgehead atoms. The Morgan fingerprint density at radius 2 is 1.90 bits per heavy atom. The van der Waals surface area contributed by atoms with Gasteiger partial charge in [-0.05, 0) is 50.6 Å². The molecular weight excluding hydrogens is 265 g/mol. The standard InChI is InChI=1S/C15H21F3N2/c1-3-19-13-8-9-20(11(2)10-13)14-6-4-12(5-7-14)15(16,17)18/h4-7,11,13,19H,3,8-10H2,1-2H3. The summed E-state index contributed by atoms with van der Waals surface area (Å²) >= 11 is 0. The molecule has 2 nitrogen and oxygen atoms in total. The van der Waals surface area contributed by atoms with Crippen molar-refractivity contribution in [1.29, 1.82) is 0 Å². The topological polar surface area (TPSA) is 15.3 Å². The minimum absolute atomic E-state index is 0.338. The lowest BCUT2D eigenvalue weighted by Crippen LogP contribution is -2.47. The van der Waals surface area contributed by atoms with Gasteiger partial charge < -0.3 is 10.2 Å². The lowest BCUT2D eigenvalue weighted by molar-refractivity contribution is -0.137. The molecule has 1 heterocycles. The molecule has 1 aliphatic rings. The fourth-order valence-electron chi connectivity index (χ4n) is 2.87. The van der Waals surface area contributed by atoms with Crippen LogP contribution in [-0.4, -0.2) is 25.2 Å². The first-order chi connectivity index (χ1) is 9.41. The Kier molecular flexibility index (Phi) is 4.58. The third kappa shape index (κ3) is 3.45. The minimum Gasteiger partial charge on any atom is -0.369 e. The van der Waals surface area contributed by atoms with E-state index in [1.165, 1.54) is 12.1 Å². The van der Waals surface area contributed by atoms with Gasteiger partial charge in [0.05, 0.1) is 5.56 Å². The van der Waals surface area contributed by atoms with Gasteiger partial charge in [0.25, 0.3) is 0 Å². The number of nitrogens with one attached hydrogen (secondary N) is 1. The molecule has 1 fully saturated rings. The van der Waals surface area contributed by atoms with Crippen molar-refractivity contribution in [3.05, 3.63) is 29.8 Å². The van der Waals surface area contributed by atoms with E-state index in [0.29, 0.717) is 12.1 Å². The van der Waals surface area contributed by atoms with Crippen LogP contribution in [0, 0.1) is 0 Å². The van der Waals surface area contributed by atoms with Gasteiger partial charge in [-0.2, -0.15) is 13.2 Å². The van der Waals surface area contributed by atoms with Crippen molar-refractivity contribution in [2.45, 2.75) is 44.9 Å². The number of piperidine rings is 1. The lowest BCUT2D eigenvalue weighted by atomic mass is 9.97. The molecule has 2 atom stereocenters. The number of alkyl halides is 3. The summed E-state index contributed by atoms with van der Waals surface area (Å²) in [4.78, 5) is 2.19. The van der Waals surface area contributed by atoms with Crippen LogP contribution in [0.5, 0.6) is 0 Å². The number of nitrogens with zero attached hydrogens (tertiary/aromatic N) is 1. The highest BCUT2D eigenvalue weighted by atomic mass is 19.4. The summed E-state index contributed by atoms with van der Waals surface area (Å²) in [5.74, 6) is 0. The van der Waals surface area contributed by atoms with E-state index in [1.54, 1.807) is 12.1 Å². The Labute approximate surface area is 118 Å². The van der Waals surface area contributed by atoms with Crippen LogP contribution in [0.3, 0.4) is 0 Å². The van der Waals surface area contributed by atoms with Crippen molar-refractivity contribution in [3.63, 3.8) is 0 Å². The molecule has 2 rings (SSSR count). The van der Waals surface area contributed by atoms with Crippen molar-refractivity contribution >= 4 is 5.69 Å². The van der Waals surface area contributed by atoms with E-state index in [2.05, 4.69) is 24.1 Å². The Hall–Kier alpha value is -1.23. The molecule has 0 aliphatic carbocycles. The molecule has 0 radical (unpaired) electrons. The number of hydrogen-bond donors (Lipinski definition) is 1. The number of halogens is 3. The van der Waals surface area contributed by atoms with Crippen LogP contribution in [-0.2, 0) is 6.18 Å². The molecule has 1 saturated heterocycles. The summed E-state index contributed by atoms with van der Waals surface area (Å²) in [6, 6.07) is 6.33. The van der Waals surface area contributed by atoms with E-state index in [-0.39, 0.29) is 0 Å². The average Bonchev–Trinajstić information content (AvgIpc) is 2.38. The van der Waals surface area contributed by atoms with Gasteiger partial charge in [0.2, 0.25) is 0 Å². The van der Waals surface area contributed by atoms with Crippen molar-refractivity contribution in [2.75, 3.05) is 18.0 Å². The summed E-state index contributed by atoms with van der Waals surface area (Å²) in [7, 11) is 0. The number of anilines is 1. The van der Waals surface area contributed by atoms with E-state index in [0.717, 1.165) is 31.6 Å². The quantitative estimate of drug-likeness (QED) is 0.912. The smallest absolute Gasteiger partial charge is 0.369 e. The average molecular weight is 286 g/mol. The predicted octanol–water partition coefficient (Wildman–Crippen LogP) is 3.67.